The molecule has 0 unspecified atom stereocenters. The maximum atomic E-state index is 12.2. The van der Waals surface area contributed by atoms with Gasteiger partial charge in [0, 0.05) is 22.5 Å². The van der Waals surface area contributed by atoms with Gasteiger partial charge in [-0.1, -0.05) is 29.8 Å². The average Bonchev–Trinajstić information content (AvgIpc) is 3.00. The van der Waals surface area contributed by atoms with Crippen molar-refractivity contribution in [3.63, 3.8) is 0 Å². The minimum atomic E-state index is -0.395. The molecule has 3 rings (SSSR count). The largest absolute Gasteiger partial charge is 0.465 e. The highest BCUT2D eigenvalue weighted by atomic mass is 16.5. The zero-order chi connectivity index (χ0) is 21.0. The molecule has 6 nitrogen and oxygen atoms in total. The number of hydrazone groups is 1. The molecule has 0 spiro atoms. The number of nitrogens with zero attached hydrogens (tertiary/aromatic N) is 2. The molecule has 0 bridgehead atoms. The van der Waals surface area contributed by atoms with Crippen LogP contribution in [0.1, 0.15) is 43.2 Å². The molecule has 0 atom stereocenters. The highest BCUT2D eigenvalue weighted by Crippen LogP contribution is 2.23. The number of amides is 1. The fourth-order valence-corrected chi connectivity index (χ4v) is 3.25. The Kier molecular flexibility index (Phi) is 5.93. The van der Waals surface area contributed by atoms with Crippen molar-refractivity contribution in [2.75, 3.05) is 7.11 Å². The van der Waals surface area contributed by atoms with Crippen molar-refractivity contribution in [3.8, 4) is 5.69 Å². The second kappa shape index (κ2) is 8.56. The summed E-state index contributed by atoms with van der Waals surface area (Å²) in [5.74, 6) is -0.663. The molecule has 2 aromatic carbocycles. The standard InChI is InChI=1S/C23H23N3O3/c1-15-8-7-9-18(12-15)22(27)25-24-14-19-13-16(2)26(17(19)3)21-11-6-5-10-20(21)23(28)29-4/h5-14H,1-4H3,(H,25,27)/b24-14-. The molecule has 3 aromatic rings. The second-order valence-corrected chi connectivity index (χ2v) is 6.74. The molecule has 1 amide bonds. The van der Waals surface area contributed by atoms with Gasteiger partial charge in [0.1, 0.15) is 0 Å². The maximum Gasteiger partial charge on any atom is 0.339 e. The number of hydrogen-bond acceptors (Lipinski definition) is 4. The summed E-state index contributed by atoms with van der Waals surface area (Å²) in [5, 5.41) is 4.10. The van der Waals surface area contributed by atoms with E-state index in [9.17, 15) is 9.59 Å². The van der Waals surface area contributed by atoms with Gasteiger partial charge in [0.2, 0.25) is 0 Å². The third kappa shape index (κ3) is 4.27. The van der Waals surface area contributed by atoms with Crippen molar-refractivity contribution in [1.82, 2.24) is 9.99 Å². The van der Waals surface area contributed by atoms with Crippen molar-refractivity contribution in [1.29, 1.82) is 0 Å². The Morgan fingerprint density at radius 1 is 1.03 bits per heavy atom. The number of nitrogens with one attached hydrogen (secondary N) is 1. The van der Waals surface area contributed by atoms with Gasteiger partial charge in [-0.15, -0.1) is 0 Å². The number of hydrogen-bond donors (Lipinski definition) is 1. The molecule has 0 saturated heterocycles. The molecule has 1 N–H and O–H groups in total. The van der Waals surface area contributed by atoms with Crippen LogP contribution in [-0.4, -0.2) is 29.8 Å². The quantitative estimate of drug-likeness (QED) is 0.408. The van der Waals surface area contributed by atoms with Crippen LogP contribution in [0, 0.1) is 20.8 Å². The fourth-order valence-electron chi connectivity index (χ4n) is 3.25. The number of carbonyl (C=O) groups is 2. The Balaban J connectivity index is 1.86. The molecule has 1 aromatic heterocycles. The van der Waals surface area contributed by atoms with Crippen LogP contribution in [0.2, 0.25) is 0 Å². The number of esters is 1. The first-order valence-corrected chi connectivity index (χ1v) is 9.19. The highest BCUT2D eigenvalue weighted by Gasteiger charge is 2.17. The van der Waals surface area contributed by atoms with Gasteiger partial charge in [0.25, 0.3) is 5.91 Å². The minimum absolute atomic E-state index is 0.269. The smallest absolute Gasteiger partial charge is 0.339 e. The van der Waals surface area contributed by atoms with Crippen LogP contribution in [-0.2, 0) is 4.74 Å². The zero-order valence-corrected chi connectivity index (χ0v) is 16.9. The summed E-state index contributed by atoms with van der Waals surface area (Å²) < 4.78 is 6.87. The monoisotopic (exact) mass is 389 g/mol. The number of carbonyl (C=O) groups excluding carboxylic acids is 2. The van der Waals surface area contributed by atoms with Crippen LogP contribution >= 0.6 is 0 Å². The lowest BCUT2D eigenvalue weighted by Crippen LogP contribution is -2.17. The normalized spacial score (nSPS) is 10.9. The lowest BCUT2D eigenvalue weighted by Gasteiger charge is -2.13. The van der Waals surface area contributed by atoms with Gasteiger partial charge in [-0.2, -0.15) is 5.10 Å². The van der Waals surface area contributed by atoms with E-state index in [4.69, 9.17) is 4.74 Å². The Morgan fingerprint density at radius 3 is 2.52 bits per heavy atom. The molecule has 148 valence electrons. The molecular weight excluding hydrogens is 366 g/mol. The van der Waals surface area contributed by atoms with Gasteiger partial charge in [-0.05, 0) is 51.1 Å². The van der Waals surface area contributed by atoms with Crippen LogP contribution in [0.3, 0.4) is 0 Å². The van der Waals surface area contributed by atoms with Crippen molar-refractivity contribution in [3.05, 3.63) is 88.2 Å². The lowest BCUT2D eigenvalue weighted by atomic mass is 10.1. The summed E-state index contributed by atoms with van der Waals surface area (Å²) in [7, 11) is 1.36. The lowest BCUT2D eigenvalue weighted by molar-refractivity contribution is 0.0600. The Morgan fingerprint density at radius 2 is 1.79 bits per heavy atom. The zero-order valence-electron chi connectivity index (χ0n) is 16.9. The van der Waals surface area contributed by atoms with Crippen LogP contribution in [0.15, 0.2) is 59.7 Å². The Bertz CT molecular complexity index is 1100. The third-order valence-electron chi connectivity index (χ3n) is 4.67. The molecule has 0 fully saturated rings. The van der Waals surface area contributed by atoms with E-state index in [-0.39, 0.29) is 5.91 Å². The summed E-state index contributed by atoms with van der Waals surface area (Å²) in [6, 6.07) is 16.5. The topological polar surface area (TPSA) is 72.7 Å². The van der Waals surface area contributed by atoms with Crippen LogP contribution in [0.4, 0.5) is 0 Å². The molecule has 1 heterocycles. The molecule has 0 aliphatic rings. The van der Waals surface area contributed by atoms with Gasteiger partial charge in [0.15, 0.2) is 0 Å². The van der Waals surface area contributed by atoms with E-state index < -0.39 is 5.97 Å². The second-order valence-electron chi connectivity index (χ2n) is 6.74. The number of para-hydroxylation sites is 1. The van der Waals surface area contributed by atoms with E-state index in [1.165, 1.54) is 7.11 Å². The van der Waals surface area contributed by atoms with Crippen molar-refractivity contribution in [2.24, 2.45) is 5.10 Å². The molecule has 0 aliphatic heterocycles. The van der Waals surface area contributed by atoms with E-state index in [0.717, 1.165) is 28.2 Å². The number of benzene rings is 2. The number of aromatic nitrogens is 1. The van der Waals surface area contributed by atoms with E-state index in [2.05, 4.69) is 10.5 Å². The maximum absolute atomic E-state index is 12.2. The van der Waals surface area contributed by atoms with Gasteiger partial charge < -0.3 is 9.30 Å². The SMILES string of the molecule is COC(=O)c1ccccc1-n1c(C)cc(/C=N\NC(=O)c2cccc(C)c2)c1C. The third-order valence-corrected chi connectivity index (χ3v) is 4.67. The van der Waals surface area contributed by atoms with Gasteiger partial charge in [-0.3, -0.25) is 4.79 Å². The molecule has 6 heteroatoms. The van der Waals surface area contributed by atoms with E-state index in [1.807, 2.05) is 55.7 Å². The number of ether oxygens (including phenoxy) is 1. The minimum Gasteiger partial charge on any atom is -0.465 e. The Hall–Kier alpha value is -3.67. The number of methoxy groups -OCH3 is 1. The fraction of sp³-hybridized carbons (Fsp3) is 0.174. The number of rotatable bonds is 5. The summed E-state index contributed by atoms with van der Waals surface area (Å²) in [4.78, 5) is 24.4. The first-order chi connectivity index (χ1) is 13.9. The van der Waals surface area contributed by atoms with Gasteiger partial charge in [-0.25, -0.2) is 10.2 Å². The Labute approximate surface area is 169 Å². The van der Waals surface area contributed by atoms with Crippen molar-refractivity contribution in [2.45, 2.75) is 20.8 Å². The van der Waals surface area contributed by atoms with E-state index >= 15 is 0 Å². The van der Waals surface area contributed by atoms with E-state index in [1.54, 1.807) is 30.5 Å². The van der Waals surface area contributed by atoms with Crippen LogP contribution < -0.4 is 5.43 Å². The van der Waals surface area contributed by atoms with E-state index in [0.29, 0.717) is 11.1 Å². The molecule has 0 aliphatic carbocycles. The van der Waals surface area contributed by atoms with Crippen molar-refractivity contribution >= 4 is 18.1 Å². The summed E-state index contributed by atoms with van der Waals surface area (Å²) in [6.45, 7) is 5.82. The van der Waals surface area contributed by atoms with Crippen LogP contribution in [0.25, 0.3) is 5.69 Å². The van der Waals surface area contributed by atoms with Gasteiger partial charge in [0.05, 0.1) is 24.6 Å². The molecule has 29 heavy (non-hydrogen) atoms. The predicted octanol–water partition coefficient (Wildman–Crippen LogP) is 3.95. The number of aryl methyl sites for hydroxylation is 2. The molecule has 0 saturated carbocycles. The van der Waals surface area contributed by atoms with Crippen LogP contribution in [0.5, 0.6) is 0 Å². The highest BCUT2D eigenvalue weighted by molar-refractivity contribution is 5.95. The van der Waals surface area contributed by atoms with Gasteiger partial charge >= 0.3 is 5.97 Å². The average molecular weight is 389 g/mol. The van der Waals surface area contributed by atoms with Crippen molar-refractivity contribution < 1.29 is 14.3 Å². The summed E-state index contributed by atoms with van der Waals surface area (Å²) in [6.07, 6.45) is 1.60. The first kappa shape index (κ1) is 20.1. The predicted molar refractivity (Wildman–Crippen MR) is 113 cm³/mol. The molecule has 0 radical (unpaired) electrons. The first-order valence-electron chi connectivity index (χ1n) is 9.19. The summed E-state index contributed by atoms with van der Waals surface area (Å²) >= 11 is 0. The molecular formula is C23H23N3O3. The summed E-state index contributed by atoms with van der Waals surface area (Å²) in [5.41, 5.74) is 8.00.